The second-order valence-electron chi connectivity index (χ2n) is 0.283. The van der Waals surface area contributed by atoms with Crippen molar-refractivity contribution in [2.75, 3.05) is 0 Å². The van der Waals surface area contributed by atoms with E-state index in [1.807, 2.05) is 0 Å². The summed E-state index contributed by atoms with van der Waals surface area (Å²) in [7, 11) is 0. The molecule has 0 aromatic rings. The van der Waals surface area contributed by atoms with Gasteiger partial charge in [-0.25, -0.2) is 4.79 Å². The van der Waals surface area contributed by atoms with Crippen molar-refractivity contribution in [1.82, 2.24) is 0 Å². The summed E-state index contributed by atoms with van der Waals surface area (Å²) in [4.78, 5) is 8.56. The molecule has 0 fully saturated rings. The summed E-state index contributed by atoms with van der Waals surface area (Å²) < 4.78 is 0. The zero-order valence-corrected chi connectivity index (χ0v) is 3.80. The van der Waals surface area contributed by atoms with Crippen molar-refractivity contribution in [3.63, 3.8) is 0 Å². The Morgan fingerprint density at radius 1 is 0.889 bits per heavy atom. The van der Waals surface area contributed by atoms with Gasteiger partial charge in [0.1, 0.15) is 0 Å². The molecule has 0 radical (unpaired) electrons. The molecule has 0 atom stereocenters. The van der Waals surface area contributed by atoms with Crippen LogP contribution in [0.25, 0.3) is 0 Å². The molecule has 0 aliphatic carbocycles. The number of rotatable bonds is 0. The first-order valence-corrected chi connectivity index (χ1v) is 0.651. The number of carboxylic acid groups (broad SMARTS) is 2. The van der Waals surface area contributed by atoms with E-state index in [1.54, 1.807) is 0 Å². The van der Waals surface area contributed by atoms with Gasteiger partial charge in [0.25, 0.3) is 0 Å². The molecule has 0 saturated heterocycles. The standard InChI is InChI=1S/CH2O3.Na.4H2O.H/c2-1(3)4;;;;;;/h(H2,2,3,4);;4*1H2;. The third-order valence-corrected chi connectivity index (χ3v) is 0. The molecule has 0 amide bonds. The Hall–Kier alpha value is 0.110. The van der Waals surface area contributed by atoms with E-state index in [4.69, 9.17) is 15.0 Å². The Labute approximate surface area is 72.8 Å². The second kappa shape index (κ2) is 42.4. The molecule has 0 bridgehead atoms. The Balaban J connectivity index is -0.00000000450. The number of carbonyl (C=O) groups is 1. The minimum atomic E-state index is -1.83. The summed E-state index contributed by atoms with van der Waals surface area (Å²) >= 11 is 0. The van der Waals surface area contributed by atoms with Gasteiger partial charge in [0, 0.05) is 0 Å². The Bertz CT molecular complexity index is 31.9. The van der Waals surface area contributed by atoms with E-state index in [1.165, 1.54) is 0 Å². The van der Waals surface area contributed by atoms with E-state index in [2.05, 4.69) is 0 Å². The summed E-state index contributed by atoms with van der Waals surface area (Å²) in [5, 5.41) is 13.9. The molecule has 0 aromatic carbocycles. The van der Waals surface area contributed by atoms with Crippen molar-refractivity contribution >= 4 is 35.7 Å². The third-order valence-electron chi connectivity index (χ3n) is 0. The van der Waals surface area contributed by atoms with Crippen molar-refractivity contribution in [3.8, 4) is 0 Å². The summed E-state index contributed by atoms with van der Waals surface area (Å²) in [5.41, 5.74) is 0. The van der Waals surface area contributed by atoms with Crippen LogP contribution in [0.4, 0.5) is 4.79 Å². The molecule has 0 rings (SSSR count). The van der Waals surface area contributed by atoms with Crippen LogP contribution in [0.2, 0.25) is 0 Å². The van der Waals surface area contributed by atoms with E-state index < -0.39 is 6.16 Å². The van der Waals surface area contributed by atoms with E-state index in [-0.39, 0.29) is 51.5 Å². The fourth-order valence-corrected chi connectivity index (χ4v) is 0. The van der Waals surface area contributed by atoms with Gasteiger partial charge in [-0.3, -0.25) is 0 Å². The summed E-state index contributed by atoms with van der Waals surface area (Å²) in [6.07, 6.45) is -1.83. The molecule has 8 heteroatoms. The molecule has 10 N–H and O–H groups in total. The normalized spacial score (nSPS) is 2.67. The maximum atomic E-state index is 8.56. The number of hydrogen-bond donors (Lipinski definition) is 2. The van der Waals surface area contributed by atoms with Gasteiger partial charge in [0.15, 0.2) is 0 Å². The zero-order chi connectivity index (χ0) is 3.58. The predicted molar refractivity (Wildman–Crippen MR) is 32.3 cm³/mol. The fourth-order valence-electron chi connectivity index (χ4n) is 0. The van der Waals surface area contributed by atoms with Gasteiger partial charge in [-0.05, 0) is 0 Å². The third kappa shape index (κ3) is 25000. The van der Waals surface area contributed by atoms with E-state index >= 15 is 0 Å². The second-order valence-corrected chi connectivity index (χ2v) is 0.283. The molecule has 0 saturated carbocycles. The van der Waals surface area contributed by atoms with Crippen LogP contribution in [0.15, 0.2) is 0 Å². The summed E-state index contributed by atoms with van der Waals surface area (Å²) in [6, 6.07) is 0. The molecule has 0 aliphatic rings. The molecule has 9 heavy (non-hydrogen) atoms. The fraction of sp³-hybridized carbons (Fsp3) is 0. The molecule has 7 nitrogen and oxygen atoms in total. The maximum absolute atomic E-state index is 8.56. The molecule has 58 valence electrons. The first-order chi connectivity index (χ1) is 1.73. The minimum absolute atomic E-state index is 0. The Kier molecular flexibility index (Phi) is 292. The van der Waals surface area contributed by atoms with Crippen LogP contribution in [0, 0.1) is 0 Å². The van der Waals surface area contributed by atoms with Gasteiger partial charge >= 0.3 is 35.7 Å². The first-order valence-electron chi connectivity index (χ1n) is 0.651. The molecule has 0 aliphatic heterocycles. The molecule has 0 heterocycles. The monoisotopic (exact) mass is 158 g/mol. The Morgan fingerprint density at radius 3 is 0.889 bits per heavy atom. The van der Waals surface area contributed by atoms with Crippen molar-refractivity contribution in [2.24, 2.45) is 0 Å². The quantitative estimate of drug-likeness (QED) is 0.344. The van der Waals surface area contributed by atoms with E-state index in [0.29, 0.717) is 0 Å². The van der Waals surface area contributed by atoms with Gasteiger partial charge < -0.3 is 32.1 Å². The predicted octanol–water partition coefficient (Wildman–Crippen LogP) is -3.72. The first kappa shape index (κ1) is 61.9. The van der Waals surface area contributed by atoms with Crippen LogP contribution in [-0.4, -0.2) is 67.8 Å². The van der Waals surface area contributed by atoms with Gasteiger partial charge in [0.2, 0.25) is 0 Å². The molecule has 0 unspecified atom stereocenters. The van der Waals surface area contributed by atoms with Crippen LogP contribution in [-0.2, 0) is 0 Å². The van der Waals surface area contributed by atoms with Crippen molar-refractivity contribution < 1.29 is 36.9 Å². The molecule has 0 spiro atoms. The van der Waals surface area contributed by atoms with Crippen molar-refractivity contribution in [1.29, 1.82) is 0 Å². The van der Waals surface area contributed by atoms with Crippen molar-refractivity contribution in [3.05, 3.63) is 0 Å². The van der Waals surface area contributed by atoms with Crippen molar-refractivity contribution in [2.45, 2.75) is 0 Å². The van der Waals surface area contributed by atoms with E-state index in [9.17, 15) is 0 Å². The van der Waals surface area contributed by atoms with Gasteiger partial charge in [-0.2, -0.15) is 0 Å². The average Bonchev–Trinajstić information content (AvgIpc) is 0.811. The van der Waals surface area contributed by atoms with Crippen LogP contribution in [0.3, 0.4) is 0 Å². The SMILES string of the molecule is O.O.O.O.O=C(O)O.[NaH]. The average molecular weight is 158 g/mol. The van der Waals surface area contributed by atoms with Crippen LogP contribution >= 0.6 is 0 Å². The van der Waals surface area contributed by atoms with Gasteiger partial charge in [-0.15, -0.1) is 0 Å². The topological polar surface area (TPSA) is 184 Å². The molecular formula is CH11NaO7. The zero-order valence-electron chi connectivity index (χ0n) is 3.80. The number of hydrogen-bond acceptors (Lipinski definition) is 1. The van der Waals surface area contributed by atoms with Crippen LogP contribution in [0.5, 0.6) is 0 Å². The summed E-state index contributed by atoms with van der Waals surface area (Å²) in [6.45, 7) is 0. The van der Waals surface area contributed by atoms with E-state index in [0.717, 1.165) is 0 Å². The molecule has 0 aromatic heterocycles. The molecular weight excluding hydrogens is 147 g/mol. The summed E-state index contributed by atoms with van der Waals surface area (Å²) in [5.74, 6) is 0. The van der Waals surface area contributed by atoms with Crippen LogP contribution in [0.1, 0.15) is 0 Å². The van der Waals surface area contributed by atoms with Gasteiger partial charge in [-0.1, -0.05) is 0 Å². The van der Waals surface area contributed by atoms with Crippen LogP contribution < -0.4 is 0 Å². The van der Waals surface area contributed by atoms with Gasteiger partial charge in [0.05, 0.1) is 0 Å². The Morgan fingerprint density at radius 2 is 0.889 bits per heavy atom.